The van der Waals surface area contributed by atoms with E-state index >= 15 is 0 Å². The number of halogens is 3. The van der Waals surface area contributed by atoms with Crippen LogP contribution in [0.4, 0.5) is 13.2 Å². The molecule has 11 heteroatoms. The van der Waals surface area contributed by atoms with E-state index in [1.165, 1.54) is 35.4 Å². The Balaban J connectivity index is 1.52. The van der Waals surface area contributed by atoms with Crippen molar-refractivity contribution >= 4 is 17.2 Å². The SMILES string of the molecule is CN(CC(O)COc1ccc(C(F)(F)F)cc1)C(=O)c1csc(-c2cnn(C)c2)n1. The largest absolute Gasteiger partial charge is 0.491 e. The molecule has 2 aromatic heterocycles. The van der Waals surface area contributed by atoms with Crippen molar-refractivity contribution in [2.45, 2.75) is 12.3 Å². The van der Waals surface area contributed by atoms with Crippen LogP contribution >= 0.6 is 11.3 Å². The molecule has 0 aliphatic heterocycles. The van der Waals surface area contributed by atoms with Gasteiger partial charge in [-0.15, -0.1) is 11.3 Å². The first-order valence-electron chi connectivity index (χ1n) is 8.81. The van der Waals surface area contributed by atoms with Gasteiger partial charge in [-0.25, -0.2) is 4.98 Å². The number of carbonyl (C=O) groups excluding carboxylic acids is 1. The number of benzene rings is 1. The zero-order valence-electron chi connectivity index (χ0n) is 16.1. The van der Waals surface area contributed by atoms with Gasteiger partial charge in [0.15, 0.2) is 0 Å². The highest BCUT2D eigenvalue weighted by Crippen LogP contribution is 2.30. The molecule has 1 amide bonds. The third kappa shape index (κ3) is 5.36. The summed E-state index contributed by atoms with van der Waals surface area (Å²) in [5, 5.41) is 16.5. The van der Waals surface area contributed by atoms with Gasteiger partial charge in [-0.2, -0.15) is 18.3 Å². The van der Waals surface area contributed by atoms with Crippen molar-refractivity contribution in [2.75, 3.05) is 20.2 Å². The molecule has 0 spiro atoms. The molecule has 0 saturated carbocycles. The molecule has 7 nitrogen and oxygen atoms in total. The molecule has 30 heavy (non-hydrogen) atoms. The second-order valence-corrected chi connectivity index (χ2v) is 7.47. The van der Waals surface area contributed by atoms with E-state index in [9.17, 15) is 23.1 Å². The number of carbonyl (C=O) groups is 1. The van der Waals surface area contributed by atoms with E-state index in [4.69, 9.17) is 4.74 Å². The Bertz CT molecular complexity index is 1000. The molecule has 1 atom stereocenters. The number of aromatic nitrogens is 3. The summed E-state index contributed by atoms with van der Waals surface area (Å²) in [6, 6.07) is 4.16. The van der Waals surface area contributed by atoms with Crippen LogP contribution < -0.4 is 4.74 Å². The second-order valence-electron chi connectivity index (χ2n) is 6.61. The van der Waals surface area contributed by atoms with E-state index in [0.717, 1.165) is 17.7 Å². The third-order valence-electron chi connectivity index (χ3n) is 4.13. The smallest absolute Gasteiger partial charge is 0.416 e. The average Bonchev–Trinajstić information content (AvgIpc) is 3.34. The van der Waals surface area contributed by atoms with Gasteiger partial charge < -0.3 is 14.7 Å². The van der Waals surface area contributed by atoms with Crippen LogP contribution in [0.5, 0.6) is 5.75 Å². The lowest BCUT2D eigenvalue weighted by Gasteiger charge is -2.20. The minimum Gasteiger partial charge on any atom is -0.491 e. The lowest BCUT2D eigenvalue weighted by Crippen LogP contribution is -2.37. The maximum Gasteiger partial charge on any atom is 0.416 e. The number of nitrogens with zero attached hydrogens (tertiary/aromatic N) is 4. The Morgan fingerprint density at radius 1 is 1.33 bits per heavy atom. The van der Waals surface area contributed by atoms with E-state index < -0.39 is 17.8 Å². The van der Waals surface area contributed by atoms with Crippen LogP contribution in [0.2, 0.25) is 0 Å². The van der Waals surface area contributed by atoms with Gasteiger partial charge in [0, 0.05) is 37.8 Å². The van der Waals surface area contributed by atoms with Crippen LogP contribution in [0.1, 0.15) is 16.1 Å². The Hall–Kier alpha value is -2.92. The van der Waals surface area contributed by atoms with Crippen LogP contribution in [-0.4, -0.2) is 57.0 Å². The molecule has 0 aliphatic rings. The van der Waals surface area contributed by atoms with E-state index in [2.05, 4.69) is 10.1 Å². The standard InChI is InChI=1S/C19H19F3N4O3S/c1-25(18(28)16-11-30-17(24-16)12-7-23-26(2)8-12)9-14(27)10-29-15-5-3-13(4-6-15)19(20,21)22/h3-8,11,14,27H,9-10H2,1-2H3. The summed E-state index contributed by atoms with van der Waals surface area (Å²) in [5.74, 6) is -0.174. The van der Waals surface area contributed by atoms with Gasteiger partial charge in [0.25, 0.3) is 5.91 Å². The van der Waals surface area contributed by atoms with Crippen LogP contribution in [0.3, 0.4) is 0 Å². The Kier molecular flexibility index (Phi) is 6.42. The zero-order chi connectivity index (χ0) is 21.9. The first kappa shape index (κ1) is 21.8. The Morgan fingerprint density at radius 2 is 2.03 bits per heavy atom. The molecule has 0 radical (unpaired) electrons. The number of hydrogen-bond donors (Lipinski definition) is 1. The van der Waals surface area contributed by atoms with Gasteiger partial charge in [0.2, 0.25) is 0 Å². The highest BCUT2D eigenvalue weighted by Gasteiger charge is 2.30. The molecule has 1 aromatic carbocycles. The Morgan fingerprint density at radius 3 is 2.63 bits per heavy atom. The van der Waals surface area contributed by atoms with Crippen LogP contribution in [0.15, 0.2) is 42.0 Å². The predicted octanol–water partition coefficient (Wildman–Crippen LogP) is 3.07. The minimum absolute atomic E-state index is 0.0286. The summed E-state index contributed by atoms with van der Waals surface area (Å²) in [6.07, 6.45) is -2.01. The van der Waals surface area contributed by atoms with Crippen molar-refractivity contribution in [3.63, 3.8) is 0 Å². The van der Waals surface area contributed by atoms with Crippen molar-refractivity contribution in [2.24, 2.45) is 7.05 Å². The van der Waals surface area contributed by atoms with Crippen molar-refractivity contribution in [3.05, 3.63) is 53.3 Å². The van der Waals surface area contributed by atoms with Crippen LogP contribution in [-0.2, 0) is 13.2 Å². The monoisotopic (exact) mass is 440 g/mol. The maximum absolute atomic E-state index is 12.6. The molecule has 3 aromatic rings. The molecular formula is C19H19F3N4O3S. The van der Waals surface area contributed by atoms with Crippen molar-refractivity contribution in [1.82, 2.24) is 19.7 Å². The first-order valence-corrected chi connectivity index (χ1v) is 9.69. The minimum atomic E-state index is -4.42. The summed E-state index contributed by atoms with van der Waals surface area (Å²) in [6.45, 7) is -0.208. The molecule has 2 heterocycles. The Labute approximate surface area is 174 Å². The highest BCUT2D eigenvalue weighted by atomic mass is 32.1. The van der Waals surface area contributed by atoms with Gasteiger partial charge in [-0.3, -0.25) is 9.48 Å². The van der Waals surface area contributed by atoms with Crippen molar-refractivity contribution in [3.8, 4) is 16.3 Å². The van der Waals surface area contributed by atoms with E-state index in [1.54, 1.807) is 29.5 Å². The summed E-state index contributed by atoms with van der Waals surface area (Å²) < 4.78 is 44.6. The number of ether oxygens (including phenoxy) is 1. The normalized spacial score (nSPS) is 12.6. The zero-order valence-corrected chi connectivity index (χ0v) is 16.9. The fourth-order valence-electron chi connectivity index (χ4n) is 2.62. The number of aliphatic hydroxyl groups is 1. The lowest BCUT2D eigenvalue weighted by atomic mass is 10.2. The summed E-state index contributed by atoms with van der Waals surface area (Å²) in [7, 11) is 3.30. The van der Waals surface area contributed by atoms with Gasteiger partial charge in [0.1, 0.15) is 29.2 Å². The molecule has 0 aliphatic carbocycles. The van der Waals surface area contributed by atoms with Gasteiger partial charge in [-0.05, 0) is 24.3 Å². The molecular weight excluding hydrogens is 421 g/mol. The first-order chi connectivity index (χ1) is 14.1. The molecule has 1 N–H and O–H groups in total. The lowest BCUT2D eigenvalue weighted by molar-refractivity contribution is -0.137. The van der Waals surface area contributed by atoms with Gasteiger partial charge >= 0.3 is 6.18 Å². The number of thiazole rings is 1. The number of aryl methyl sites for hydroxylation is 1. The number of aliphatic hydroxyl groups excluding tert-OH is 1. The fraction of sp³-hybridized carbons (Fsp3) is 0.316. The fourth-order valence-corrected chi connectivity index (χ4v) is 3.39. The van der Waals surface area contributed by atoms with Crippen molar-refractivity contribution in [1.29, 1.82) is 0 Å². The van der Waals surface area contributed by atoms with Gasteiger partial charge in [0.05, 0.1) is 11.8 Å². The number of rotatable bonds is 7. The molecule has 1 unspecified atom stereocenters. The van der Waals surface area contributed by atoms with Gasteiger partial charge in [-0.1, -0.05) is 0 Å². The summed E-state index contributed by atoms with van der Waals surface area (Å²) in [4.78, 5) is 18.1. The van der Waals surface area contributed by atoms with Crippen molar-refractivity contribution < 1.29 is 27.8 Å². The number of likely N-dealkylation sites (N-methyl/N-ethyl adjacent to an activating group) is 1. The van der Waals surface area contributed by atoms with E-state index in [1.807, 2.05) is 0 Å². The molecule has 3 rings (SSSR count). The number of amides is 1. The summed E-state index contributed by atoms with van der Waals surface area (Å²) >= 11 is 1.31. The molecule has 0 fully saturated rings. The van der Waals surface area contributed by atoms with E-state index in [0.29, 0.717) is 5.01 Å². The maximum atomic E-state index is 12.6. The van der Waals surface area contributed by atoms with Crippen LogP contribution in [0, 0.1) is 0 Å². The molecule has 0 bridgehead atoms. The highest BCUT2D eigenvalue weighted by molar-refractivity contribution is 7.13. The topological polar surface area (TPSA) is 80.5 Å². The van der Waals surface area contributed by atoms with E-state index in [-0.39, 0.29) is 30.5 Å². The second kappa shape index (κ2) is 8.84. The molecule has 0 saturated heterocycles. The number of alkyl halides is 3. The molecule has 160 valence electrons. The predicted molar refractivity (Wildman–Crippen MR) is 104 cm³/mol. The van der Waals surface area contributed by atoms with Crippen LogP contribution in [0.25, 0.3) is 10.6 Å². The quantitative estimate of drug-likeness (QED) is 0.611. The average molecular weight is 440 g/mol. The number of hydrogen-bond acceptors (Lipinski definition) is 6. The summed E-state index contributed by atoms with van der Waals surface area (Å²) in [5.41, 5.74) is 0.265. The third-order valence-corrected chi connectivity index (χ3v) is 5.02.